The Morgan fingerprint density at radius 3 is 1.43 bits per heavy atom. The summed E-state index contributed by atoms with van der Waals surface area (Å²) in [7, 11) is 0. The van der Waals surface area contributed by atoms with Gasteiger partial charge in [-0.15, -0.1) is 22.7 Å². The standard InChI is InChI=1S/C22H14N2S4/c1-11-3-7-17(25-11)21-23-13-5-10-16-20-14(6-9-15(27-21)19(13)20)24-22(28-16)18-8-4-12(2)26-18/h3-10H,1-2H3. The second-order valence-electron chi connectivity index (χ2n) is 6.77. The number of benzene rings is 2. The van der Waals surface area contributed by atoms with Crippen LogP contribution in [0, 0.1) is 13.8 Å². The molecule has 2 nitrogen and oxygen atoms in total. The maximum Gasteiger partial charge on any atom is 0.119 e. The van der Waals surface area contributed by atoms with Crippen LogP contribution in [-0.4, -0.2) is 10.1 Å². The molecule has 2 aliphatic heterocycles. The minimum Gasteiger partial charge on any atom is -0.240 e. The van der Waals surface area contributed by atoms with Gasteiger partial charge in [0.05, 0.1) is 21.1 Å². The molecule has 0 radical (unpaired) electrons. The number of thioether (sulfide) groups is 2. The van der Waals surface area contributed by atoms with Gasteiger partial charge in [0.15, 0.2) is 0 Å². The molecule has 0 fully saturated rings. The van der Waals surface area contributed by atoms with Gasteiger partial charge in [0.1, 0.15) is 10.1 Å². The van der Waals surface area contributed by atoms with Crippen LogP contribution in [0.2, 0.25) is 0 Å². The minimum atomic E-state index is 1.06. The fraction of sp³-hybridized carbons (Fsp3) is 0.0909. The number of hydrogen-bond donors (Lipinski definition) is 0. The first-order chi connectivity index (χ1) is 13.7. The molecule has 4 heterocycles. The van der Waals surface area contributed by atoms with E-state index in [1.165, 1.54) is 40.1 Å². The van der Waals surface area contributed by atoms with E-state index >= 15 is 0 Å². The van der Waals surface area contributed by atoms with Gasteiger partial charge >= 0.3 is 0 Å². The maximum absolute atomic E-state index is 5.00. The van der Waals surface area contributed by atoms with Crippen molar-refractivity contribution < 1.29 is 0 Å². The van der Waals surface area contributed by atoms with Crippen molar-refractivity contribution in [2.75, 3.05) is 0 Å². The molecule has 4 aromatic rings. The van der Waals surface area contributed by atoms with Crippen LogP contribution in [0.25, 0.3) is 10.8 Å². The third-order valence-corrected chi connectivity index (χ3v) is 9.20. The lowest BCUT2D eigenvalue weighted by Gasteiger charge is -2.21. The molecule has 6 rings (SSSR count). The van der Waals surface area contributed by atoms with E-state index in [0.29, 0.717) is 0 Å². The first-order valence-electron chi connectivity index (χ1n) is 8.92. The summed E-state index contributed by atoms with van der Waals surface area (Å²) in [6.45, 7) is 4.28. The molecule has 0 bridgehead atoms. The Kier molecular flexibility index (Phi) is 3.85. The normalized spacial score (nSPS) is 14.9. The average molecular weight is 435 g/mol. The van der Waals surface area contributed by atoms with Gasteiger partial charge in [0.25, 0.3) is 0 Å². The summed E-state index contributed by atoms with van der Waals surface area (Å²) in [4.78, 5) is 17.7. The summed E-state index contributed by atoms with van der Waals surface area (Å²) in [6, 6.07) is 17.4. The van der Waals surface area contributed by atoms with E-state index < -0.39 is 0 Å². The lowest BCUT2D eigenvalue weighted by molar-refractivity contribution is 1.40. The summed E-state index contributed by atoms with van der Waals surface area (Å²) in [5, 5.41) is 4.68. The molecule has 136 valence electrons. The Hall–Kier alpha value is -1.86. The highest BCUT2D eigenvalue weighted by Gasteiger charge is 2.25. The van der Waals surface area contributed by atoms with Crippen molar-refractivity contribution in [3.05, 3.63) is 68.0 Å². The lowest BCUT2D eigenvalue weighted by Crippen LogP contribution is -2.01. The van der Waals surface area contributed by atoms with Crippen LogP contribution in [-0.2, 0) is 0 Å². The predicted molar refractivity (Wildman–Crippen MR) is 126 cm³/mol. The number of nitrogens with zero attached hydrogens (tertiary/aromatic N) is 2. The molecule has 0 saturated heterocycles. The van der Waals surface area contributed by atoms with Crippen molar-refractivity contribution in [1.82, 2.24) is 0 Å². The molecule has 0 aliphatic carbocycles. The summed E-state index contributed by atoms with van der Waals surface area (Å²) in [5.74, 6) is 0. The molecule has 6 heteroatoms. The second-order valence-corrected chi connectivity index (χ2v) is 11.4. The van der Waals surface area contributed by atoms with Crippen LogP contribution in [0.15, 0.2) is 68.3 Å². The van der Waals surface area contributed by atoms with Gasteiger partial charge in [-0.1, -0.05) is 23.5 Å². The van der Waals surface area contributed by atoms with Crippen molar-refractivity contribution in [2.24, 2.45) is 9.98 Å². The van der Waals surface area contributed by atoms with E-state index in [9.17, 15) is 0 Å². The van der Waals surface area contributed by atoms with E-state index in [2.05, 4.69) is 62.4 Å². The van der Waals surface area contributed by atoms with Crippen molar-refractivity contribution >= 4 is 78.4 Å². The summed E-state index contributed by atoms with van der Waals surface area (Å²) < 4.78 is 0. The minimum absolute atomic E-state index is 1.06. The molecule has 28 heavy (non-hydrogen) atoms. The highest BCUT2D eigenvalue weighted by atomic mass is 32.2. The molecule has 2 aromatic carbocycles. The Morgan fingerprint density at radius 1 is 0.571 bits per heavy atom. The first kappa shape index (κ1) is 17.0. The van der Waals surface area contributed by atoms with E-state index in [1.54, 1.807) is 46.2 Å². The topological polar surface area (TPSA) is 24.7 Å². The number of thiophene rings is 2. The molecule has 0 atom stereocenters. The van der Waals surface area contributed by atoms with Gasteiger partial charge in [-0.25, -0.2) is 9.98 Å². The molecule has 0 saturated carbocycles. The van der Waals surface area contributed by atoms with Gasteiger partial charge in [0.2, 0.25) is 0 Å². The van der Waals surface area contributed by atoms with E-state index in [0.717, 1.165) is 21.5 Å². The monoisotopic (exact) mass is 434 g/mol. The van der Waals surface area contributed by atoms with Crippen LogP contribution in [0.5, 0.6) is 0 Å². The third kappa shape index (κ3) is 2.63. The van der Waals surface area contributed by atoms with E-state index in [1.807, 2.05) is 0 Å². The molecule has 0 amide bonds. The van der Waals surface area contributed by atoms with Crippen LogP contribution >= 0.6 is 46.2 Å². The zero-order chi connectivity index (χ0) is 18.8. The van der Waals surface area contributed by atoms with E-state index in [-0.39, 0.29) is 0 Å². The van der Waals surface area contributed by atoms with Gasteiger partial charge in [-0.2, -0.15) is 0 Å². The fourth-order valence-electron chi connectivity index (χ4n) is 3.54. The average Bonchev–Trinajstić information content (AvgIpc) is 3.34. The molecule has 0 N–H and O–H groups in total. The van der Waals surface area contributed by atoms with Gasteiger partial charge in [-0.3, -0.25) is 0 Å². The third-order valence-electron chi connectivity index (χ3n) is 4.80. The zero-order valence-corrected chi connectivity index (χ0v) is 18.4. The quantitative estimate of drug-likeness (QED) is 0.320. The number of aryl methyl sites for hydroxylation is 2. The van der Waals surface area contributed by atoms with Gasteiger partial charge in [0, 0.05) is 30.3 Å². The highest BCUT2D eigenvalue weighted by Crippen LogP contribution is 2.51. The van der Waals surface area contributed by atoms with Crippen LogP contribution in [0.3, 0.4) is 0 Å². The van der Waals surface area contributed by atoms with Crippen LogP contribution in [0.1, 0.15) is 19.5 Å². The van der Waals surface area contributed by atoms with Gasteiger partial charge in [-0.05, 0) is 62.4 Å². The summed E-state index contributed by atoms with van der Waals surface area (Å²) >= 11 is 7.15. The number of hydrogen-bond acceptors (Lipinski definition) is 6. The van der Waals surface area contributed by atoms with Crippen molar-refractivity contribution in [3.63, 3.8) is 0 Å². The first-order valence-corrected chi connectivity index (χ1v) is 12.2. The molecule has 2 aliphatic rings. The Labute approximate surface area is 179 Å². The smallest absolute Gasteiger partial charge is 0.119 e. The zero-order valence-electron chi connectivity index (χ0n) is 15.1. The molecule has 0 spiro atoms. The maximum atomic E-state index is 5.00. The van der Waals surface area contributed by atoms with Crippen LogP contribution < -0.4 is 0 Å². The SMILES string of the molecule is Cc1ccc(C2=Nc3ccc4c5c(ccc(c35)S2)N=C(c2ccc(C)s2)S4)s1. The number of aliphatic imine (C=N–C) groups is 2. The van der Waals surface area contributed by atoms with Crippen molar-refractivity contribution in [1.29, 1.82) is 0 Å². The Balaban J connectivity index is 1.53. The molecule has 0 unspecified atom stereocenters. The predicted octanol–water partition coefficient (Wildman–Crippen LogP) is 7.95. The lowest BCUT2D eigenvalue weighted by atomic mass is 10.1. The molecule has 2 aromatic heterocycles. The fourth-order valence-corrected chi connectivity index (χ4v) is 7.47. The highest BCUT2D eigenvalue weighted by molar-refractivity contribution is 8.15. The number of rotatable bonds is 2. The van der Waals surface area contributed by atoms with E-state index in [4.69, 9.17) is 9.98 Å². The second kappa shape index (κ2) is 6.32. The summed E-state index contributed by atoms with van der Waals surface area (Å²) in [5.41, 5.74) is 2.11. The Morgan fingerprint density at radius 2 is 1.04 bits per heavy atom. The largest absolute Gasteiger partial charge is 0.240 e. The molecular formula is C22H14N2S4. The van der Waals surface area contributed by atoms with Crippen LogP contribution in [0.4, 0.5) is 11.4 Å². The summed E-state index contributed by atoms with van der Waals surface area (Å²) in [6.07, 6.45) is 0. The van der Waals surface area contributed by atoms with Gasteiger partial charge < -0.3 is 0 Å². The molecular weight excluding hydrogens is 421 g/mol. The van der Waals surface area contributed by atoms with Crippen molar-refractivity contribution in [2.45, 2.75) is 23.6 Å². The Bertz CT molecular complexity index is 1240. The van der Waals surface area contributed by atoms with Crippen molar-refractivity contribution in [3.8, 4) is 0 Å².